The Morgan fingerprint density at radius 2 is 2.39 bits per heavy atom. The molecule has 4 heteroatoms. The lowest BCUT2D eigenvalue weighted by Gasteiger charge is -2.19. The summed E-state index contributed by atoms with van der Waals surface area (Å²) < 4.78 is 0. The Morgan fingerprint density at radius 3 is 3.17 bits per heavy atom. The molecule has 0 spiro atoms. The minimum Gasteiger partial charge on any atom is -0.399 e. The Balaban J connectivity index is 1.77. The van der Waals surface area contributed by atoms with Gasteiger partial charge in [0.05, 0.1) is 6.20 Å². The lowest BCUT2D eigenvalue weighted by atomic mass is 10.1. The van der Waals surface area contributed by atoms with Crippen molar-refractivity contribution in [2.75, 3.05) is 5.73 Å². The van der Waals surface area contributed by atoms with E-state index < -0.39 is 0 Å². The third kappa shape index (κ3) is 1.99. The highest BCUT2D eigenvalue weighted by molar-refractivity contribution is 5.47. The van der Waals surface area contributed by atoms with E-state index >= 15 is 0 Å². The zero-order chi connectivity index (χ0) is 12.5. The Kier molecular flexibility index (Phi) is 2.80. The van der Waals surface area contributed by atoms with Crippen molar-refractivity contribution in [1.82, 2.24) is 15.5 Å². The second-order valence-electron chi connectivity index (χ2n) is 4.97. The maximum absolute atomic E-state index is 5.82. The van der Waals surface area contributed by atoms with E-state index in [0.717, 1.165) is 18.5 Å². The van der Waals surface area contributed by atoms with Crippen LogP contribution in [0, 0.1) is 0 Å². The van der Waals surface area contributed by atoms with E-state index in [4.69, 9.17) is 5.73 Å². The van der Waals surface area contributed by atoms with Crippen molar-refractivity contribution in [2.24, 2.45) is 0 Å². The SMILES string of the molecule is CC(NC1CCc2cc(N)ccc21)c1cn[nH]c1. The molecule has 0 amide bonds. The number of anilines is 1. The molecule has 4 N–H and O–H groups in total. The first-order valence-electron chi connectivity index (χ1n) is 6.37. The van der Waals surface area contributed by atoms with Crippen molar-refractivity contribution in [3.8, 4) is 0 Å². The summed E-state index contributed by atoms with van der Waals surface area (Å²) in [5.41, 5.74) is 10.6. The van der Waals surface area contributed by atoms with Gasteiger partial charge in [-0.05, 0) is 43.0 Å². The molecule has 1 heterocycles. The number of hydrogen-bond acceptors (Lipinski definition) is 3. The molecular weight excluding hydrogens is 224 g/mol. The minimum absolute atomic E-state index is 0.303. The molecule has 94 valence electrons. The Bertz CT molecular complexity index is 533. The van der Waals surface area contributed by atoms with Crippen LogP contribution in [0.15, 0.2) is 30.6 Å². The van der Waals surface area contributed by atoms with Gasteiger partial charge in [0, 0.05) is 29.5 Å². The molecule has 0 bridgehead atoms. The lowest BCUT2D eigenvalue weighted by Crippen LogP contribution is -2.22. The van der Waals surface area contributed by atoms with Crippen LogP contribution >= 0.6 is 0 Å². The number of rotatable bonds is 3. The fourth-order valence-electron chi connectivity index (χ4n) is 2.71. The summed E-state index contributed by atoms with van der Waals surface area (Å²) in [4.78, 5) is 0. The average molecular weight is 242 g/mol. The van der Waals surface area contributed by atoms with E-state index in [0.29, 0.717) is 12.1 Å². The van der Waals surface area contributed by atoms with E-state index in [9.17, 15) is 0 Å². The van der Waals surface area contributed by atoms with Gasteiger partial charge in [-0.25, -0.2) is 0 Å². The fraction of sp³-hybridized carbons (Fsp3) is 0.357. The van der Waals surface area contributed by atoms with Crippen molar-refractivity contribution in [3.63, 3.8) is 0 Å². The van der Waals surface area contributed by atoms with Crippen LogP contribution in [-0.4, -0.2) is 10.2 Å². The van der Waals surface area contributed by atoms with Gasteiger partial charge in [-0.2, -0.15) is 5.10 Å². The van der Waals surface area contributed by atoms with Crippen molar-refractivity contribution < 1.29 is 0 Å². The van der Waals surface area contributed by atoms with Gasteiger partial charge in [-0.1, -0.05) is 6.07 Å². The first kappa shape index (κ1) is 11.3. The molecule has 0 saturated heterocycles. The van der Waals surface area contributed by atoms with Crippen LogP contribution in [0.4, 0.5) is 5.69 Å². The second-order valence-corrected chi connectivity index (χ2v) is 4.97. The highest BCUT2D eigenvalue weighted by Gasteiger charge is 2.24. The van der Waals surface area contributed by atoms with E-state index in [1.807, 2.05) is 18.5 Å². The molecule has 1 aromatic heterocycles. The number of nitrogens with zero attached hydrogens (tertiary/aromatic N) is 1. The number of fused-ring (bicyclic) bond motifs is 1. The molecule has 3 rings (SSSR count). The molecule has 0 radical (unpaired) electrons. The van der Waals surface area contributed by atoms with Gasteiger partial charge < -0.3 is 11.1 Å². The number of nitrogen functional groups attached to an aromatic ring is 1. The molecule has 1 aliphatic carbocycles. The van der Waals surface area contributed by atoms with E-state index in [-0.39, 0.29) is 0 Å². The molecule has 0 fully saturated rings. The lowest BCUT2D eigenvalue weighted by molar-refractivity contribution is 0.465. The third-order valence-electron chi connectivity index (χ3n) is 3.72. The predicted octanol–water partition coefficient (Wildman–Crippen LogP) is 2.33. The van der Waals surface area contributed by atoms with Crippen LogP contribution in [0.3, 0.4) is 0 Å². The van der Waals surface area contributed by atoms with Gasteiger partial charge in [0.2, 0.25) is 0 Å². The topological polar surface area (TPSA) is 66.7 Å². The molecule has 0 aliphatic heterocycles. The summed E-state index contributed by atoms with van der Waals surface area (Å²) in [5.74, 6) is 0. The van der Waals surface area contributed by atoms with Crippen LogP contribution in [0.2, 0.25) is 0 Å². The number of nitrogens with one attached hydrogen (secondary N) is 2. The van der Waals surface area contributed by atoms with Gasteiger partial charge in [0.25, 0.3) is 0 Å². The molecule has 2 unspecified atom stereocenters. The maximum atomic E-state index is 5.82. The maximum Gasteiger partial charge on any atom is 0.0534 e. The Morgan fingerprint density at radius 1 is 1.50 bits per heavy atom. The summed E-state index contributed by atoms with van der Waals surface area (Å²) in [6.45, 7) is 2.17. The number of benzene rings is 1. The smallest absolute Gasteiger partial charge is 0.0534 e. The second kappa shape index (κ2) is 4.46. The molecule has 18 heavy (non-hydrogen) atoms. The summed E-state index contributed by atoms with van der Waals surface area (Å²) in [7, 11) is 0. The molecule has 1 aromatic carbocycles. The van der Waals surface area contributed by atoms with Crippen LogP contribution < -0.4 is 11.1 Å². The number of nitrogens with two attached hydrogens (primary N) is 1. The molecular formula is C14H18N4. The van der Waals surface area contributed by atoms with Crippen molar-refractivity contribution in [2.45, 2.75) is 31.8 Å². The molecule has 2 aromatic rings. The molecule has 1 aliphatic rings. The van der Waals surface area contributed by atoms with Crippen LogP contribution in [0.25, 0.3) is 0 Å². The van der Waals surface area contributed by atoms with Crippen molar-refractivity contribution in [3.05, 3.63) is 47.3 Å². The fourth-order valence-corrected chi connectivity index (χ4v) is 2.71. The third-order valence-corrected chi connectivity index (χ3v) is 3.72. The van der Waals surface area contributed by atoms with Gasteiger partial charge in [-0.15, -0.1) is 0 Å². The van der Waals surface area contributed by atoms with Gasteiger partial charge >= 0.3 is 0 Å². The first-order chi connectivity index (χ1) is 8.74. The normalized spacial score (nSPS) is 19.7. The number of H-pyrrole nitrogens is 1. The standard InChI is InChI=1S/C14H18N4/c1-9(11-7-16-17-8-11)18-14-5-2-10-6-12(15)3-4-13(10)14/h3-4,6-9,14,18H,2,5,15H2,1H3,(H,16,17). The summed E-state index contributed by atoms with van der Waals surface area (Å²) in [6.07, 6.45) is 6.06. The van der Waals surface area contributed by atoms with Crippen LogP contribution in [0.5, 0.6) is 0 Å². The quantitative estimate of drug-likeness (QED) is 0.724. The average Bonchev–Trinajstić information content (AvgIpc) is 2.98. The summed E-state index contributed by atoms with van der Waals surface area (Å²) >= 11 is 0. The van der Waals surface area contributed by atoms with Gasteiger partial charge in [0.1, 0.15) is 0 Å². The summed E-state index contributed by atoms with van der Waals surface area (Å²) in [6, 6.07) is 6.96. The van der Waals surface area contributed by atoms with E-state index in [1.54, 1.807) is 0 Å². The number of aryl methyl sites for hydroxylation is 1. The molecule has 2 atom stereocenters. The first-order valence-corrected chi connectivity index (χ1v) is 6.37. The van der Waals surface area contributed by atoms with E-state index in [2.05, 4.69) is 34.6 Å². The van der Waals surface area contributed by atoms with Crippen LogP contribution in [0.1, 0.15) is 42.1 Å². The molecule has 4 nitrogen and oxygen atoms in total. The Labute approximate surface area is 107 Å². The minimum atomic E-state index is 0.303. The number of hydrogen-bond donors (Lipinski definition) is 3. The summed E-state index contributed by atoms with van der Waals surface area (Å²) in [5, 5.41) is 10.5. The van der Waals surface area contributed by atoms with Gasteiger partial charge in [0.15, 0.2) is 0 Å². The largest absolute Gasteiger partial charge is 0.399 e. The van der Waals surface area contributed by atoms with Crippen LogP contribution in [-0.2, 0) is 6.42 Å². The number of aromatic amines is 1. The zero-order valence-corrected chi connectivity index (χ0v) is 10.5. The van der Waals surface area contributed by atoms with E-state index in [1.165, 1.54) is 16.7 Å². The predicted molar refractivity (Wildman–Crippen MR) is 72.1 cm³/mol. The monoisotopic (exact) mass is 242 g/mol. The molecule has 0 saturated carbocycles. The number of aromatic nitrogens is 2. The highest BCUT2D eigenvalue weighted by Crippen LogP contribution is 2.33. The highest BCUT2D eigenvalue weighted by atomic mass is 15.1. The Hall–Kier alpha value is -1.81. The van der Waals surface area contributed by atoms with Crippen molar-refractivity contribution >= 4 is 5.69 Å². The van der Waals surface area contributed by atoms with Crippen molar-refractivity contribution in [1.29, 1.82) is 0 Å². The van der Waals surface area contributed by atoms with Gasteiger partial charge in [-0.3, -0.25) is 5.10 Å². The zero-order valence-electron chi connectivity index (χ0n) is 10.5.